The van der Waals surface area contributed by atoms with E-state index in [2.05, 4.69) is 25.8 Å². The van der Waals surface area contributed by atoms with Crippen LogP contribution in [0, 0.1) is 0 Å². The van der Waals surface area contributed by atoms with E-state index in [1.54, 1.807) is 12.3 Å². The third-order valence-corrected chi connectivity index (χ3v) is 10.1. The van der Waals surface area contributed by atoms with Crippen LogP contribution in [0.3, 0.4) is 0 Å². The van der Waals surface area contributed by atoms with Gasteiger partial charge in [0.2, 0.25) is 0 Å². The number of oxime groups is 1. The van der Waals surface area contributed by atoms with Gasteiger partial charge in [-0.25, -0.2) is 9.78 Å². The fourth-order valence-corrected chi connectivity index (χ4v) is 7.93. The van der Waals surface area contributed by atoms with Crippen molar-refractivity contribution >= 4 is 51.7 Å². The SMILES string of the molecule is CCON=C(C(=O)NC1C(=O)N2C(C(=O)O)=C(CN=[N+]=[N-])CS[C@@H]12)c1csc(NC(c2ccccc2)(c2ccccc2)c2ccccc2)n1. The standard InChI is InChI=1S/C34H30N8O5S2/c1-2-47-40-26(29(43)38-27-30(44)42-28(32(45)46)21(18-36-41-35)19-48-31(27)42)25-20-49-33(37-25)39-34(22-12-6-3-7-13-22,23-14-8-4-9-15-23)24-16-10-5-11-17-24/h3-17,20,27,31H,2,18-19H2,1H3,(H,37,39)(H,38,43)(H,45,46)/t27?,31-/m0/s1. The fourth-order valence-electron chi connectivity index (χ4n) is 5.85. The van der Waals surface area contributed by atoms with Crippen LogP contribution >= 0.6 is 23.1 Å². The summed E-state index contributed by atoms with van der Waals surface area (Å²) >= 11 is 2.55. The topological polar surface area (TPSA) is 182 Å². The maximum absolute atomic E-state index is 13.7. The highest BCUT2D eigenvalue weighted by atomic mass is 32.2. The van der Waals surface area contributed by atoms with Crippen LogP contribution in [0.2, 0.25) is 0 Å². The zero-order valence-electron chi connectivity index (χ0n) is 26.1. The smallest absolute Gasteiger partial charge is 0.352 e. The molecule has 3 heterocycles. The molecule has 6 rings (SSSR count). The molecule has 0 spiro atoms. The van der Waals surface area contributed by atoms with Gasteiger partial charge in [-0.2, -0.15) is 0 Å². The Morgan fingerprint density at radius 3 is 2.16 bits per heavy atom. The number of aliphatic carboxylic acids is 1. The van der Waals surface area contributed by atoms with Crippen LogP contribution in [0.15, 0.2) is 118 Å². The Morgan fingerprint density at radius 1 is 1.04 bits per heavy atom. The van der Waals surface area contributed by atoms with Crippen molar-refractivity contribution in [2.75, 3.05) is 24.2 Å². The van der Waals surface area contributed by atoms with Crippen molar-refractivity contribution in [1.82, 2.24) is 15.2 Å². The normalized spacial score (nSPS) is 17.4. The predicted molar refractivity (Wildman–Crippen MR) is 187 cm³/mol. The summed E-state index contributed by atoms with van der Waals surface area (Å²) in [5, 5.41) is 25.3. The second kappa shape index (κ2) is 14.6. The Balaban J connectivity index is 1.30. The molecule has 15 heteroatoms. The molecule has 2 atom stereocenters. The van der Waals surface area contributed by atoms with E-state index >= 15 is 0 Å². The lowest BCUT2D eigenvalue weighted by Gasteiger charge is -2.49. The summed E-state index contributed by atoms with van der Waals surface area (Å²) in [5.74, 6) is -2.40. The minimum atomic E-state index is -1.31. The minimum Gasteiger partial charge on any atom is -0.477 e. The molecule has 1 aromatic heterocycles. The molecule has 0 saturated carbocycles. The van der Waals surface area contributed by atoms with Crippen LogP contribution in [-0.2, 0) is 24.8 Å². The number of benzene rings is 3. The van der Waals surface area contributed by atoms with Gasteiger partial charge in [-0.15, -0.1) is 23.1 Å². The van der Waals surface area contributed by atoms with Gasteiger partial charge in [-0.3, -0.25) is 14.5 Å². The number of azide groups is 1. The monoisotopic (exact) mass is 694 g/mol. The number of nitrogens with one attached hydrogen (secondary N) is 2. The van der Waals surface area contributed by atoms with Crippen molar-refractivity contribution in [3.8, 4) is 0 Å². The molecule has 248 valence electrons. The number of hydrogen-bond acceptors (Lipinski definition) is 10. The molecular formula is C34H30N8O5S2. The molecule has 3 N–H and O–H groups in total. The van der Waals surface area contributed by atoms with E-state index in [9.17, 15) is 19.5 Å². The van der Waals surface area contributed by atoms with Gasteiger partial charge in [-0.05, 0) is 34.7 Å². The van der Waals surface area contributed by atoms with Crippen LogP contribution in [0.4, 0.5) is 5.13 Å². The maximum atomic E-state index is 13.7. The van der Waals surface area contributed by atoms with Crippen molar-refractivity contribution in [1.29, 1.82) is 0 Å². The number of fused-ring (bicyclic) bond motifs is 1. The van der Waals surface area contributed by atoms with Gasteiger partial charge in [-0.1, -0.05) is 101 Å². The minimum absolute atomic E-state index is 0.138. The van der Waals surface area contributed by atoms with E-state index in [1.807, 2.05) is 91.0 Å². The lowest BCUT2D eigenvalue weighted by Crippen LogP contribution is -2.71. The van der Waals surface area contributed by atoms with E-state index in [0.29, 0.717) is 10.7 Å². The average molecular weight is 695 g/mol. The second-order valence-electron chi connectivity index (χ2n) is 10.9. The summed E-state index contributed by atoms with van der Waals surface area (Å²) in [7, 11) is 0. The summed E-state index contributed by atoms with van der Waals surface area (Å²) in [6.07, 6.45) is 0. The lowest BCUT2D eigenvalue weighted by molar-refractivity contribution is -0.150. The first-order valence-electron chi connectivity index (χ1n) is 15.2. The molecular weight excluding hydrogens is 665 g/mol. The molecule has 4 aromatic rings. The molecule has 2 aliphatic rings. The predicted octanol–water partition coefficient (Wildman–Crippen LogP) is 5.34. The maximum Gasteiger partial charge on any atom is 0.352 e. The zero-order chi connectivity index (χ0) is 34.4. The zero-order valence-corrected chi connectivity index (χ0v) is 27.7. The molecule has 0 radical (unpaired) electrons. The second-order valence-corrected chi connectivity index (χ2v) is 12.8. The number of β-lactam (4-membered cyclic amide) rings is 1. The van der Waals surface area contributed by atoms with Crippen molar-refractivity contribution in [3.63, 3.8) is 0 Å². The summed E-state index contributed by atoms with van der Waals surface area (Å²) < 4.78 is 0. The van der Waals surface area contributed by atoms with Gasteiger partial charge >= 0.3 is 5.97 Å². The number of carbonyl (C=O) groups is 3. The third kappa shape index (κ3) is 6.46. The van der Waals surface area contributed by atoms with Gasteiger partial charge in [0.05, 0.1) is 6.54 Å². The number of aromatic nitrogens is 1. The van der Waals surface area contributed by atoms with Gasteiger partial charge in [0, 0.05) is 16.0 Å². The first kappa shape index (κ1) is 33.3. The first-order chi connectivity index (χ1) is 23.9. The van der Waals surface area contributed by atoms with E-state index in [4.69, 9.17) is 15.4 Å². The fraction of sp³-hybridized carbons (Fsp3) is 0.206. The van der Waals surface area contributed by atoms with E-state index < -0.39 is 34.7 Å². The molecule has 49 heavy (non-hydrogen) atoms. The number of carboxylic acid groups (broad SMARTS) is 1. The molecule has 3 aromatic carbocycles. The van der Waals surface area contributed by atoms with Crippen molar-refractivity contribution in [3.05, 3.63) is 140 Å². The molecule has 13 nitrogen and oxygen atoms in total. The Bertz CT molecular complexity index is 1870. The van der Waals surface area contributed by atoms with Crippen molar-refractivity contribution in [2.24, 2.45) is 10.3 Å². The molecule has 1 saturated heterocycles. The van der Waals surface area contributed by atoms with Crippen LogP contribution in [0.1, 0.15) is 29.3 Å². The van der Waals surface area contributed by atoms with Gasteiger partial charge in [0.15, 0.2) is 10.8 Å². The van der Waals surface area contributed by atoms with E-state index in [0.717, 1.165) is 21.6 Å². The number of rotatable bonds is 13. The Kier molecular flexibility index (Phi) is 9.95. The lowest BCUT2D eigenvalue weighted by atomic mass is 9.77. The Hall–Kier alpha value is -5.63. The number of thiazole rings is 1. The van der Waals surface area contributed by atoms with E-state index in [1.165, 1.54) is 23.1 Å². The number of thioether (sulfide) groups is 1. The van der Waals surface area contributed by atoms with Crippen LogP contribution in [-0.4, -0.2) is 68.8 Å². The van der Waals surface area contributed by atoms with Crippen LogP contribution in [0.25, 0.3) is 10.4 Å². The van der Waals surface area contributed by atoms with Gasteiger partial charge in [0.1, 0.15) is 35.0 Å². The molecule has 0 aliphatic carbocycles. The number of carboxylic acids is 1. The van der Waals surface area contributed by atoms with Crippen molar-refractivity contribution < 1.29 is 24.3 Å². The molecule has 2 amide bonds. The van der Waals surface area contributed by atoms with Crippen LogP contribution < -0.4 is 10.6 Å². The quantitative estimate of drug-likeness (QED) is 0.0319. The summed E-state index contributed by atoms with van der Waals surface area (Å²) in [4.78, 5) is 52.9. The third-order valence-electron chi connectivity index (χ3n) is 8.02. The molecule has 1 unspecified atom stereocenters. The molecule has 0 bridgehead atoms. The van der Waals surface area contributed by atoms with Crippen LogP contribution in [0.5, 0.6) is 0 Å². The number of carbonyl (C=O) groups excluding carboxylic acids is 2. The van der Waals surface area contributed by atoms with Gasteiger partial charge in [0.25, 0.3) is 11.8 Å². The highest BCUT2D eigenvalue weighted by molar-refractivity contribution is 8.00. The van der Waals surface area contributed by atoms with E-state index in [-0.39, 0.29) is 36.0 Å². The highest BCUT2D eigenvalue weighted by Crippen LogP contribution is 2.42. The first-order valence-corrected chi connectivity index (χ1v) is 17.1. The number of amides is 2. The molecule has 1 fully saturated rings. The summed E-state index contributed by atoms with van der Waals surface area (Å²) in [6.45, 7) is 1.73. The summed E-state index contributed by atoms with van der Waals surface area (Å²) in [5.41, 5.74) is 10.9. The Morgan fingerprint density at radius 2 is 1.63 bits per heavy atom. The number of hydrogen-bond donors (Lipinski definition) is 3. The Labute approximate surface area is 289 Å². The van der Waals surface area contributed by atoms with Gasteiger partial charge < -0.3 is 20.6 Å². The summed E-state index contributed by atoms with van der Waals surface area (Å²) in [6, 6.07) is 29.0. The largest absolute Gasteiger partial charge is 0.477 e. The number of nitrogens with zero attached hydrogens (tertiary/aromatic N) is 6. The highest BCUT2D eigenvalue weighted by Gasteiger charge is 2.54. The molecule has 2 aliphatic heterocycles. The number of anilines is 1. The van der Waals surface area contributed by atoms with Crippen molar-refractivity contribution in [2.45, 2.75) is 23.9 Å². The average Bonchev–Trinajstić information content (AvgIpc) is 3.60.